The topological polar surface area (TPSA) is 38.0 Å². The van der Waals surface area contributed by atoms with E-state index in [1.165, 1.54) is 11.1 Å². The highest BCUT2D eigenvalue weighted by Crippen LogP contribution is 2.13. The fourth-order valence-electron chi connectivity index (χ4n) is 2.45. The van der Waals surface area contributed by atoms with Crippen molar-refractivity contribution in [2.45, 2.75) is 31.8 Å². The Kier molecular flexibility index (Phi) is 5.78. The van der Waals surface area contributed by atoms with Gasteiger partial charge in [-0.15, -0.1) is 0 Å². The summed E-state index contributed by atoms with van der Waals surface area (Å²) >= 11 is 0. The molecule has 0 bridgehead atoms. The van der Waals surface area contributed by atoms with E-state index >= 15 is 0 Å². The first kappa shape index (κ1) is 14.8. The number of nitrogens with two attached hydrogens (primary N) is 1. The molecule has 0 saturated heterocycles. The van der Waals surface area contributed by atoms with Gasteiger partial charge in [0.2, 0.25) is 0 Å². The summed E-state index contributed by atoms with van der Waals surface area (Å²) in [5.74, 6) is 0. The fraction of sp³-hybridized carbons (Fsp3) is 0.333. The van der Waals surface area contributed by atoms with Crippen LogP contribution in [0.5, 0.6) is 0 Å². The van der Waals surface area contributed by atoms with Gasteiger partial charge in [0, 0.05) is 18.6 Å². The van der Waals surface area contributed by atoms with Crippen LogP contribution in [0.3, 0.4) is 0 Å². The van der Waals surface area contributed by atoms with Crippen LogP contribution >= 0.6 is 0 Å². The quantitative estimate of drug-likeness (QED) is 0.808. The van der Waals surface area contributed by atoms with Crippen LogP contribution in [0.15, 0.2) is 60.7 Å². The zero-order chi connectivity index (χ0) is 14.2. The molecule has 3 N–H and O–H groups in total. The predicted molar refractivity (Wildman–Crippen MR) is 85.6 cm³/mol. The molecule has 106 valence electrons. The van der Waals surface area contributed by atoms with E-state index in [4.69, 9.17) is 5.73 Å². The second-order valence-corrected chi connectivity index (χ2v) is 5.26. The maximum atomic E-state index is 5.90. The Morgan fingerprint density at radius 1 is 0.950 bits per heavy atom. The molecule has 2 nitrogen and oxygen atoms in total. The number of nitrogens with one attached hydrogen (secondary N) is 1. The number of aryl methyl sites for hydroxylation is 1. The number of hydrogen-bond acceptors (Lipinski definition) is 2. The largest absolute Gasteiger partial charge is 0.329 e. The molecule has 20 heavy (non-hydrogen) atoms. The lowest BCUT2D eigenvalue weighted by atomic mass is 10.0. The van der Waals surface area contributed by atoms with Crippen LogP contribution in [0, 0.1) is 0 Å². The third-order valence-corrected chi connectivity index (χ3v) is 3.69. The minimum Gasteiger partial charge on any atom is -0.329 e. The summed E-state index contributed by atoms with van der Waals surface area (Å²) in [4.78, 5) is 0. The normalized spacial score (nSPS) is 13.9. The van der Waals surface area contributed by atoms with Crippen LogP contribution in [0.1, 0.15) is 30.5 Å². The van der Waals surface area contributed by atoms with Crippen molar-refractivity contribution in [1.29, 1.82) is 0 Å². The average molecular weight is 268 g/mol. The Bertz CT molecular complexity index is 481. The van der Waals surface area contributed by atoms with E-state index in [-0.39, 0.29) is 0 Å². The van der Waals surface area contributed by atoms with E-state index in [0.29, 0.717) is 18.6 Å². The molecule has 0 aliphatic carbocycles. The van der Waals surface area contributed by atoms with Gasteiger partial charge in [-0.25, -0.2) is 0 Å². The molecule has 0 saturated carbocycles. The van der Waals surface area contributed by atoms with E-state index in [2.05, 4.69) is 66.8 Å². The molecule has 2 rings (SSSR count). The summed E-state index contributed by atoms with van der Waals surface area (Å²) < 4.78 is 0. The van der Waals surface area contributed by atoms with Crippen molar-refractivity contribution in [3.8, 4) is 0 Å². The summed E-state index contributed by atoms with van der Waals surface area (Å²) in [5, 5.41) is 3.63. The zero-order valence-electron chi connectivity index (χ0n) is 12.1. The minimum absolute atomic E-state index is 0.334. The van der Waals surface area contributed by atoms with Gasteiger partial charge < -0.3 is 11.1 Å². The van der Waals surface area contributed by atoms with Crippen molar-refractivity contribution in [1.82, 2.24) is 5.32 Å². The third kappa shape index (κ3) is 4.48. The molecule has 0 aromatic heterocycles. The van der Waals surface area contributed by atoms with Crippen LogP contribution in [0.25, 0.3) is 0 Å². The second kappa shape index (κ2) is 7.83. The van der Waals surface area contributed by atoms with Crippen LogP contribution in [0.2, 0.25) is 0 Å². The third-order valence-electron chi connectivity index (χ3n) is 3.69. The molecule has 2 atom stereocenters. The van der Waals surface area contributed by atoms with Gasteiger partial charge in [-0.2, -0.15) is 0 Å². The van der Waals surface area contributed by atoms with Crippen molar-refractivity contribution in [3.63, 3.8) is 0 Å². The van der Waals surface area contributed by atoms with Crippen LogP contribution in [0.4, 0.5) is 0 Å². The van der Waals surface area contributed by atoms with E-state index in [1.54, 1.807) is 0 Å². The molecule has 2 unspecified atom stereocenters. The van der Waals surface area contributed by atoms with Crippen molar-refractivity contribution >= 4 is 0 Å². The van der Waals surface area contributed by atoms with E-state index in [0.717, 1.165) is 12.8 Å². The standard InChI is InChI=1S/C18H24N2/c1-15(17-10-6-3-7-11-17)20-18(14-19)13-12-16-8-4-2-5-9-16/h2-11,15,18,20H,12-14,19H2,1H3. The molecule has 0 aliphatic rings. The van der Waals surface area contributed by atoms with E-state index in [9.17, 15) is 0 Å². The van der Waals surface area contributed by atoms with Gasteiger partial charge >= 0.3 is 0 Å². The molecular formula is C18H24N2. The molecule has 0 spiro atoms. The number of benzene rings is 2. The lowest BCUT2D eigenvalue weighted by Gasteiger charge is -2.22. The van der Waals surface area contributed by atoms with Crippen molar-refractivity contribution in [2.75, 3.05) is 6.54 Å². The van der Waals surface area contributed by atoms with Gasteiger partial charge in [-0.05, 0) is 30.9 Å². The Morgan fingerprint density at radius 3 is 2.15 bits per heavy atom. The Balaban J connectivity index is 1.86. The van der Waals surface area contributed by atoms with Crippen LogP contribution < -0.4 is 11.1 Å². The Labute approximate surface area is 122 Å². The smallest absolute Gasteiger partial charge is 0.0294 e. The molecule has 0 aliphatic heterocycles. The molecule has 2 aromatic rings. The predicted octanol–water partition coefficient (Wildman–Crippen LogP) is 3.30. The number of rotatable bonds is 7. The van der Waals surface area contributed by atoms with Crippen molar-refractivity contribution in [2.24, 2.45) is 5.73 Å². The summed E-state index contributed by atoms with van der Waals surface area (Å²) in [6.07, 6.45) is 2.13. The van der Waals surface area contributed by atoms with Gasteiger partial charge in [0.25, 0.3) is 0 Å². The first-order valence-electron chi connectivity index (χ1n) is 7.34. The van der Waals surface area contributed by atoms with Gasteiger partial charge in [0.1, 0.15) is 0 Å². The molecule has 2 aromatic carbocycles. The van der Waals surface area contributed by atoms with Gasteiger partial charge in [-0.3, -0.25) is 0 Å². The molecular weight excluding hydrogens is 244 g/mol. The highest BCUT2D eigenvalue weighted by Gasteiger charge is 2.11. The second-order valence-electron chi connectivity index (χ2n) is 5.26. The minimum atomic E-state index is 0.334. The maximum absolute atomic E-state index is 5.90. The number of hydrogen-bond donors (Lipinski definition) is 2. The SMILES string of the molecule is CC(NC(CN)CCc1ccccc1)c1ccccc1. The van der Waals surface area contributed by atoms with E-state index in [1.807, 2.05) is 6.07 Å². The lowest BCUT2D eigenvalue weighted by Crippen LogP contribution is -2.38. The first-order valence-corrected chi connectivity index (χ1v) is 7.34. The van der Waals surface area contributed by atoms with Crippen LogP contribution in [-0.4, -0.2) is 12.6 Å². The maximum Gasteiger partial charge on any atom is 0.0294 e. The average Bonchev–Trinajstić information content (AvgIpc) is 2.53. The zero-order valence-corrected chi connectivity index (χ0v) is 12.1. The summed E-state index contributed by atoms with van der Waals surface area (Å²) in [7, 11) is 0. The molecule has 0 fully saturated rings. The molecule has 2 heteroatoms. The summed E-state index contributed by atoms with van der Waals surface area (Å²) in [6.45, 7) is 2.87. The van der Waals surface area contributed by atoms with Gasteiger partial charge in [-0.1, -0.05) is 60.7 Å². The highest BCUT2D eigenvalue weighted by atomic mass is 15.0. The molecule has 0 amide bonds. The molecule has 0 heterocycles. The Morgan fingerprint density at radius 2 is 1.55 bits per heavy atom. The first-order chi connectivity index (χ1) is 9.79. The highest BCUT2D eigenvalue weighted by molar-refractivity contribution is 5.18. The monoisotopic (exact) mass is 268 g/mol. The Hall–Kier alpha value is -1.64. The van der Waals surface area contributed by atoms with Gasteiger partial charge in [0.15, 0.2) is 0 Å². The van der Waals surface area contributed by atoms with Crippen LogP contribution in [-0.2, 0) is 6.42 Å². The van der Waals surface area contributed by atoms with E-state index < -0.39 is 0 Å². The summed E-state index contributed by atoms with van der Waals surface area (Å²) in [6, 6.07) is 21.8. The summed E-state index contributed by atoms with van der Waals surface area (Å²) in [5.41, 5.74) is 8.59. The molecule has 0 radical (unpaired) electrons. The fourth-order valence-corrected chi connectivity index (χ4v) is 2.45. The van der Waals surface area contributed by atoms with Crippen molar-refractivity contribution < 1.29 is 0 Å². The van der Waals surface area contributed by atoms with Crippen molar-refractivity contribution in [3.05, 3.63) is 71.8 Å². The van der Waals surface area contributed by atoms with Gasteiger partial charge in [0.05, 0.1) is 0 Å². The lowest BCUT2D eigenvalue weighted by molar-refractivity contribution is 0.436.